The number of carbonyl (C=O) groups is 2. The fraction of sp³-hybridized carbons (Fsp3) is 0.167. The molecule has 4 rings (SSSR count). The van der Waals surface area contributed by atoms with Gasteiger partial charge in [0.05, 0.1) is 27.4 Å². The summed E-state index contributed by atoms with van der Waals surface area (Å²) < 4.78 is 22.1. The summed E-state index contributed by atoms with van der Waals surface area (Å²) >= 11 is 0. The highest BCUT2D eigenvalue weighted by Crippen LogP contribution is 2.18. The Balaban J connectivity index is 1.17. The van der Waals surface area contributed by atoms with Crippen molar-refractivity contribution in [2.75, 3.05) is 27.4 Å². The standard InChI is InChI=1S/C36H34O6/c1-39-31-17-13-29(14-18-31)35(37)21-11-27-7-5-9-33(25-27)41-23-3-4-24-42-34-10-6-8-28(26-34)12-22-36(38)30-15-19-32(40-2)20-16-30/h5-22,25-26H,3-4,23-24H2,1-2H3/b21-11+,22-12+. The Hall–Kier alpha value is -5.10. The van der Waals surface area contributed by atoms with Crippen LogP contribution in [0.3, 0.4) is 0 Å². The van der Waals surface area contributed by atoms with E-state index in [2.05, 4.69) is 0 Å². The van der Waals surface area contributed by atoms with Crippen LogP contribution in [0.5, 0.6) is 23.0 Å². The summed E-state index contributed by atoms with van der Waals surface area (Å²) in [6.45, 7) is 1.11. The predicted molar refractivity (Wildman–Crippen MR) is 166 cm³/mol. The van der Waals surface area contributed by atoms with E-state index in [1.165, 1.54) is 0 Å². The topological polar surface area (TPSA) is 71.1 Å². The number of hydrogen-bond donors (Lipinski definition) is 0. The molecule has 6 nitrogen and oxygen atoms in total. The van der Waals surface area contributed by atoms with Crippen LogP contribution in [0.2, 0.25) is 0 Å². The maximum Gasteiger partial charge on any atom is 0.185 e. The second-order valence-corrected chi connectivity index (χ2v) is 9.40. The van der Waals surface area contributed by atoms with E-state index in [9.17, 15) is 9.59 Å². The molecule has 4 aromatic rings. The van der Waals surface area contributed by atoms with Gasteiger partial charge in [0.1, 0.15) is 23.0 Å². The SMILES string of the molecule is COc1ccc(C(=O)/C=C/c2cccc(OCCCCOc3cccc(/C=C/C(=O)c4ccc(OC)cc4)c3)c2)cc1. The van der Waals surface area contributed by atoms with Gasteiger partial charge in [-0.3, -0.25) is 9.59 Å². The number of benzene rings is 4. The van der Waals surface area contributed by atoms with Crippen LogP contribution in [0.15, 0.2) is 109 Å². The van der Waals surface area contributed by atoms with Crippen molar-refractivity contribution >= 4 is 23.7 Å². The van der Waals surface area contributed by atoms with Gasteiger partial charge < -0.3 is 18.9 Å². The van der Waals surface area contributed by atoms with Gasteiger partial charge >= 0.3 is 0 Å². The summed E-state index contributed by atoms with van der Waals surface area (Å²) in [6, 6.07) is 29.3. The maximum atomic E-state index is 12.4. The Bertz CT molecular complexity index is 1400. The Morgan fingerprint density at radius 2 is 0.952 bits per heavy atom. The smallest absolute Gasteiger partial charge is 0.185 e. The van der Waals surface area contributed by atoms with E-state index in [-0.39, 0.29) is 11.6 Å². The molecule has 42 heavy (non-hydrogen) atoms. The lowest BCUT2D eigenvalue weighted by Gasteiger charge is -2.09. The lowest BCUT2D eigenvalue weighted by atomic mass is 10.1. The molecular formula is C36H34O6. The van der Waals surface area contributed by atoms with Crippen molar-refractivity contribution in [1.82, 2.24) is 0 Å². The summed E-state index contributed by atoms with van der Waals surface area (Å²) in [5, 5.41) is 0. The van der Waals surface area contributed by atoms with Gasteiger partial charge in [-0.15, -0.1) is 0 Å². The van der Waals surface area contributed by atoms with Crippen LogP contribution < -0.4 is 18.9 Å². The third kappa shape index (κ3) is 9.24. The molecule has 0 aliphatic carbocycles. The molecule has 0 N–H and O–H groups in total. The minimum absolute atomic E-state index is 0.0763. The van der Waals surface area contributed by atoms with Gasteiger partial charge in [0, 0.05) is 11.1 Å². The molecule has 0 bridgehead atoms. The van der Waals surface area contributed by atoms with Crippen LogP contribution in [-0.4, -0.2) is 39.0 Å². The van der Waals surface area contributed by atoms with Gasteiger partial charge in [0.15, 0.2) is 11.6 Å². The van der Waals surface area contributed by atoms with Gasteiger partial charge in [-0.05, 0) is 109 Å². The van der Waals surface area contributed by atoms with Gasteiger partial charge in [-0.1, -0.05) is 36.4 Å². The monoisotopic (exact) mass is 562 g/mol. The van der Waals surface area contributed by atoms with Crippen molar-refractivity contribution < 1.29 is 28.5 Å². The summed E-state index contributed by atoms with van der Waals surface area (Å²) in [7, 11) is 3.19. The number of rotatable bonds is 15. The van der Waals surface area contributed by atoms with E-state index in [1.807, 2.05) is 48.5 Å². The number of carbonyl (C=O) groups excluding carboxylic acids is 2. The van der Waals surface area contributed by atoms with Gasteiger partial charge in [0.25, 0.3) is 0 Å². The first-order valence-electron chi connectivity index (χ1n) is 13.7. The molecule has 0 fully saturated rings. The number of hydrogen-bond acceptors (Lipinski definition) is 6. The fourth-order valence-corrected chi connectivity index (χ4v) is 4.05. The molecule has 0 spiro atoms. The van der Waals surface area contributed by atoms with Crippen LogP contribution >= 0.6 is 0 Å². The second kappa shape index (κ2) is 15.6. The second-order valence-electron chi connectivity index (χ2n) is 9.40. The van der Waals surface area contributed by atoms with Crippen LogP contribution in [0.1, 0.15) is 44.7 Å². The predicted octanol–water partition coefficient (Wildman–Crippen LogP) is 7.73. The number of ether oxygens (including phenoxy) is 4. The Morgan fingerprint density at radius 1 is 0.548 bits per heavy atom. The maximum absolute atomic E-state index is 12.4. The molecule has 6 heteroatoms. The highest BCUT2D eigenvalue weighted by Gasteiger charge is 2.04. The minimum atomic E-state index is -0.0763. The lowest BCUT2D eigenvalue weighted by molar-refractivity contribution is 0.103. The van der Waals surface area contributed by atoms with E-state index in [0.717, 1.165) is 35.5 Å². The number of methoxy groups -OCH3 is 2. The first-order chi connectivity index (χ1) is 20.5. The number of ketones is 2. The Morgan fingerprint density at radius 3 is 1.33 bits per heavy atom. The molecular weight excluding hydrogens is 528 g/mol. The molecule has 0 aromatic heterocycles. The molecule has 0 aliphatic heterocycles. The van der Waals surface area contributed by atoms with Crippen molar-refractivity contribution in [1.29, 1.82) is 0 Å². The van der Waals surface area contributed by atoms with Crippen molar-refractivity contribution in [2.45, 2.75) is 12.8 Å². The zero-order valence-corrected chi connectivity index (χ0v) is 23.8. The largest absolute Gasteiger partial charge is 0.497 e. The highest BCUT2D eigenvalue weighted by atomic mass is 16.5. The van der Waals surface area contributed by atoms with E-state index in [0.29, 0.717) is 35.8 Å². The van der Waals surface area contributed by atoms with Crippen molar-refractivity contribution in [3.05, 3.63) is 131 Å². The number of allylic oxidation sites excluding steroid dienone is 2. The first kappa shape index (κ1) is 29.9. The Labute approximate surface area is 246 Å². The molecule has 0 amide bonds. The number of unbranched alkanes of at least 4 members (excludes halogenated alkanes) is 1. The molecule has 0 saturated carbocycles. The van der Waals surface area contributed by atoms with Gasteiger partial charge in [0.2, 0.25) is 0 Å². The van der Waals surface area contributed by atoms with Gasteiger partial charge in [-0.2, -0.15) is 0 Å². The molecule has 0 radical (unpaired) electrons. The third-order valence-electron chi connectivity index (χ3n) is 6.40. The van der Waals surface area contributed by atoms with Crippen LogP contribution in [0.4, 0.5) is 0 Å². The zero-order chi connectivity index (χ0) is 29.6. The molecule has 0 heterocycles. The van der Waals surface area contributed by atoms with Crippen LogP contribution in [-0.2, 0) is 0 Å². The summed E-state index contributed by atoms with van der Waals surface area (Å²) in [5.41, 5.74) is 2.98. The quantitative estimate of drug-likeness (QED) is 0.0839. The minimum Gasteiger partial charge on any atom is -0.497 e. The van der Waals surface area contributed by atoms with E-state index in [4.69, 9.17) is 18.9 Å². The van der Waals surface area contributed by atoms with Crippen LogP contribution in [0, 0.1) is 0 Å². The molecule has 0 atom stereocenters. The molecule has 4 aromatic carbocycles. The van der Waals surface area contributed by atoms with E-state index >= 15 is 0 Å². The van der Waals surface area contributed by atoms with E-state index in [1.54, 1.807) is 87.1 Å². The van der Waals surface area contributed by atoms with Gasteiger partial charge in [-0.25, -0.2) is 0 Å². The third-order valence-corrected chi connectivity index (χ3v) is 6.40. The Kier molecular flexibility index (Phi) is 11.1. The summed E-state index contributed by atoms with van der Waals surface area (Å²) in [5.74, 6) is 2.77. The first-order valence-corrected chi connectivity index (χ1v) is 13.7. The normalized spacial score (nSPS) is 11.0. The molecule has 0 aliphatic rings. The van der Waals surface area contributed by atoms with Crippen molar-refractivity contribution in [2.24, 2.45) is 0 Å². The summed E-state index contributed by atoms with van der Waals surface area (Å²) in [6.07, 6.45) is 8.33. The molecule has 0 unspecified atom stereocenters. The van der Waals surface area contributed by atoms with Crippen molar-refractivity contribution in [3.63, 3.8) is 0 Å². The zero-order valence-electron chi connectivity index (χ0n) is 23.8. The molecule has 0 saturated heterocycles. The lowest BCUT2D eigenvalue weighted by Crippen LogP contribution is -2.02. The fourth-order valence-electron chi connectivity index (χ4n) is 4.05. The van der Waals surface area contributed by atoms with Crippen molar-refractivity contribution in [3.8, 4) is 23.0 Å². The summed E-state index contributed by atoms with van der Waals surface area (Å²) in [4.78, 5) is 24.9. The average molecular weight is 563 g/mol. The molecule has 214 valence electrons. The highest BCUT2D eigenvalue weighted by molar-refractivity contribution is 6.07. The van der Waals surface area contributed by atoms with Crippen LogP contribution in [0.25, 0.3) is 12.2 Å². The average Bonchev–Trinajstić information content (AvgIpc) is 3.04. The van der Waals surface area contributed by atoms with E-state index < -0.39 is 0 Å².